The highest BCUT2D eigenvalue weighted by Crippen LogP contribution is 2.23. The molecule has 0 bridgehead atoms. The van der Waals surface area contributed by atoms with Crippen LogP contribution in [0.4, 0.5) is 5.69 Å². The van der Waals surface area contributed by atoms with Crippen LogP contribution >= 0.6 is 11.3 Å². The van der Waals surface area contributed by atoms with Gasteiger partial charge >= 0.3 is 0 Å². The predicted octanol–water partition coefficient (Wildman–Crippen LogP) is 4.73. The van der Waals surface area contributed by atoms with E-state index in [-0.39, 0.29) is 0 Å². The average molecular weight is 280 g/mol. The maximum absolute atomic E-state index is 4.50. The summed E-state index contributed by atoms with van der Waals surface area (Å²) in [6, 6.07) is 18.8. The maximum atomic E-state index is 4.50. The number of thiazole rings is 1. The molecule has 0 spiro atoms. The van der Waals surface area contributed by atoms with Gasteiger partial charge in [0.2, 0.25) is 0 Å². The van der Waals surface area contributed by atoms with Gasteiger partial charge < -0.3 is 5.32 Å². The third-order valence-corrected chi connectivity index (χ3v) is 3.91. The first-order valence-corrected chi connectivity index (χ1v) is 7.49. The van der Waals surface area contributed by atoms with Crippen LogP contribution in [0.1, 0.15) is 10.6 Å². The van der Waals surface area contributed by atoms with Crippen molar-refractivity contribution in [3.63, 3.8) is 0 Å². The normalized spacial score (nSPS) is 10.4. The molecular weight excluding hydrogens is 264 g/mol. The monoisotopic (exact) mass is 280 g/mol. The molecule has 3 rings (SSSR count). The number of aryl methyl sites for hydroxylation is 1. The summed E-state index contributed by atoms with van der Waals surface area (Å²) in [7, 11) is 0. The molecule has 0 aliphatic carbocycles. The lowest BCUT2D eigenvalue weighted by Crippen LogP contribution is -1.98. The molecule has 0 aliphatic heterocycles. The van der Waals surface area contributed by atoms with Gasteiger partial charge in [-0.2, -0.15) is 0 Å². The second-order valence-corrected chi connectivity index (χ2v) is 5.73. The molecule has 0 unspecified atom stereocenters. The second-order valence-electron chi connectivity index (χ2n) is 4.67. The molecule has 2 nitrogen and oxygen atoms in total. The second kappa shape index (κ2) is 5.88. The average Bonchev–Trinajstić information content (AvgIpc) is 2.93. The largest absolute Gasteiger partial charge is 0.381 e. The third kappa shape index (κ3) is 3.06. The Bertz CT molecular complexity index is 672. The van der Waals surface area contributed by atoms with Crippen molar-refractivity contribution in [1.82, 2.24) is 4.98 Å². The summed E-state index contributed by atoms with van der Waals surface area (Å²) in [5, 5.41) is 6.63. The van der Waals surface area contributed by atoms with E-state index in [1.54, 1.807) is 11.3 Å². The third-order valence-electron chi connectivity index (χ3n) is 3.14. The molecule has 0 saturated carbocycles. The molecule has 0 aliphatic rings. The number of rotatable bonds is 4. The highest BCUT2D eigenvalue weighted by molar-refractivity contribution is 7.09. The molecule has 20 heavy (non-hydrogen) atoms. The lowest BCUT2D eigenvalue weighted by molar-refractivity contribution is 1.15. The van der Waals surface area contributed by atoms with Gasteiger partial charge in [0.1, 0.15) is 0 Å². The first-order valence-electron chi connectivity index (χ1n) is 6.61. The van der Waals surface area contributed by atoms with Crippen LogP contribution in [0, 0.1) is 6.92 Å². The molecular formula is C17H16N2S. The summed E-state index contributed by atoms with van der Waals surface area (Å²) in [5.74, 6) is 0. The Hall–Kier alpha value is -2.13. The van der Waals surface area contributed by atoms with Gasteiger partial charge in [-0.3, -0.25) is 0 Å². The lowest BCUT2D eigenvalue weighted by Gasteiger charge is -2.07. The summed E-state index contributed by atoms with van der Waals surface area (Å²) >= 11 is 1.68. The summed E-state index contributed by atoms with van der Waals surface area (Å²) in [4.78, 5) is 4.50. The first kappa shape index (κ1) is 12.9. The van der Waals surface area contributed by atoms with Crippen molar-refractivity contribution in [2.24, 2.45) is 0 Å². The highest BCUT2D eigenvalue weighted by Gasteiger charge is 2.01. The van der Waals surface area contributed by atoms with Gasteiger partial charge in [0.25, 0.3) is 0 Å². The molecule has 0 atom stereocenters. The van der Waals surface area contributed by atoms with E-state index < -0.39 is 0 Å². The van der Waals surface area contributed by atoms with E-state index in [9.17, 15) is 0 Å². The van der Waals surface area contributed by atoms with Crippen LogP contribution in [-0.4, -0.2) is 4.98 Å². The van der Waals surface area contributed by atoms with Crippen molar-refractivity contribution in [3.8, 4) is 11.3 Å². The van der Waals surface area contributed by atoms with Crippen molar-refractivity contribution in [3.05, 3.63) is 70.5 Å². The van der Waals surface area contributed by atoms with Crippen molar-refractivity contribution >= 4 is 17.0 Å². The van der Waals surface area contributed by atoms with E-state index in [4.69, 9.17) is 0 Å². The van der Waals surface area contributed by atoms with E-state index in [1.165, 1.54) is 11.1 Å². The molecule has 0 fully saturated rings. The fourth-order valence-electron chi connectivity index (χ4n) is 2.05. The Morgan fingerprint density at radius 2 is 1.75 bits per heavy atom. The quantitative estimate of drug-likeness (QED) is 0.747. The molecule has 1 N–H and O–H groups in total. The molecule has 3 aromatic rings. The minimum Gasteiger partial charge on any atom is -0.381 e. The molecule has 1 heterocycles. The van der Waals surface area contributed by atoms with Crippen molar-refractivity contribution in [1.29, 1.82) is 0 Å². The fourth-order valence-corrected chi connectivity index (χ4v) is 2.68. The van der Waals surface area contributed by atoms with E-state index >= 15 is 0 Å². The van der Waals surface area contributed by atoms with Crippen LogP contribution in [0.15, 0.2) is 60.0 Å². The number of hydrogen-bond donors (Lipinski definition) is 1. The summed E-state index contributed by atoms with van der Waals surface area (Å²) in [6.45, 7) is 2.87. The van der Waals surface area contributed by atoms with E-state index in [0.717, 1.165) is 22.9 Å². The molecule has 0 amide bonds. The van der Waals surface area contributed by atoms with Gasteiger partial charge in [-0.05, 0) is 24.6 Å². The highest BCUT2D eigenvalue weighted by atomic mass is 32.1. The van der Waals surface area contributed by atoms with Crippen LogP contribution in [-0.2, 0) is 6.54 Å². The fraction of sp³-hybridized carbons (Fsp3) is 0.118. The molecule has 100 valence electrons. The van der Waals surface area contributed by atoms with Gasteiger partial charge in [0, 0.05) is 23.2 Å². The molecule has 2 aromatic carbocycles. The van der Waals surface area contributed by atoms with Crippen LogP contribution in [0.25, 0.3) is 11.3 Å². The number of benzene rings is 2. The SMILES string of the molecule is Cc1nc(-c2ccc(NCc3ccccc3)cc2)cs1. The molecule has 0 radical (unpaired) electrons. The predicted molar refractivity (Wildman–Crippen MR) is 86.1 cm³/mol. The van der Waals surface area contributed by atoms with Gasteiger partial charge in [-0.25, -0.2) is 4.98 Å². The van der Waals surface area contributed by atoms with Gasteiger partial charge in [-0.1, -0.05) is 42.5 Å². The van der Waals surface area contributed by atoms with Crippen LogP contribution < -0.4 is 5.32 Å². The van der Waals surface area contributed by atoms with E-state index in [0.29, 0.717) is 0 Å². The molecule has 3 heteroatoms. The zero-order valence-electron chi connectivity index (χ0n) is 11.3. The topological polar surface area (TPSA) is 24.9 Å². The number of anilines is 1. The van der Waals surface area contributed by atoms with Crippen molar-refractivity contribution in [2.45, 2.75) is 13.5 Å². The van der Waals surface area contributed by atoms with E-state index in [1.807, 2.05) is 13.0 Å². The zero-order valence-corrected chi connectivity index (χ0v) is 12.2. The summed E-state index contributed by atoms with van der Waals surface area (Å²) in [5.41, 5.74) is 4.64. The minimum absolute atomic E-state index is 0.843. The summed E-state index contributed by atoms with van der Waals surface area (Å²) in [6.07, 6.45) is 0. The van der Waals surface area contributed by atoms with Gasteiger partial charge in [0.15, 0.2) is 0 Å². The molecule has 1 aromatic heterocycles. The summed E-state index contributed by atoms with van der Waals surface area (Å²) < 4.78 is 0. The number of nitrogens with zero attached hydrogens (tertiary/aromatic N) is 1. The number of hydrogen-bond acceptors (Lipinski definition) is 3. The van der Waals surface area contributed by atoms with Crippen molar-refractivity contribution < 1.29 is 0 Å². The first-order chi connectivity index (χ1) is 9.81. The Kier molecular flexibility index (Phi) is 3.79. The maximum Gasteiger partial charge on any atom is 0.0901 e. The molecule has 0 saturated heterocycles. The zero-order chi connectivity index (χ0) is 13.8. The minimum atomic E-state index is 0.843. The van der Waals surface area contributed by atoms with E-state index in [2.05, 4.69) is 64.2 Å². The lowest BCUT2D eigenvalue weighted by atomic mass is 10.1. The standard InChI is InChI=1S/C17H16N2S/c1-13-19-17(12-20-13)15-7-9-16(10-8-15)18-11-14-5-3-2-4-6-14/h2-10,12,18H,11H2,1H3. The number of nitrogens with one attached hydrogen (secondary N) is 1. The Morgan fingerprint density at radius 3 is 2.40 bits per heavy atom. The Morgan fingerprint density at radius 1 is 1.00 bits per heavy atom. The van der Waals surface area contributed by atoms with Crippen molar-refractivity contribution in [2.75, 3.05) is 5.32 Å². The van der Waals surface area contributed by atoms with Crippen LogP contribution in [0.5, 0.6) is 0 Å². The smallest absolute Gasteiger partial charge is 0.0901 e. The Balaban J connectivity index is 1.67. The van der Waals surface area contributed by atoms with Gasteiger partial charge in [-0.15, -0.1) is 11.3 Å². The van der Waals surface area contributed by atoms with Gasteiger partial charge in [0.05, 0.1) is 10.7 Å². The Labute approximate surface area is 123 Å². The number of aromatic nitrogens is 1. The van der Waals surface area contributed by atoms with Crippen LogP contribution in [0.2, 0.25) is 0 Å². The van der Waals surface area contributed by atoms with Crippen LogP contribution in [0.3, 0.4) is 0 Å².